The molecule has 0 aromatic heterocycles. The molecule has 2 aromatic rings. The van der Waals surface area contributed by atoms with Gasteiger partial charge in [0.25, 0.3) is 0 Å². The standard InChI is InChI=1S/C15H14F3NO/c1-10(19)11-6-8-12(9-7-11)20-14-5-3-2-4-13(14)15(16,17)18/h2-10H,19H2,1H3. The first-order valence-electron chi connectivity index (χ1n) is 6.07. The minimum atomic E-state index is -4.44. The average Bonchev–Trinajstić information content (AvgIpc) is 2.38. The maximum absolute atomic E-state index is 12.8. The highest BCUT2D eigenvalue weighted by Crippen LogP contribution is 2.37. The van der Waals surface area contributed by atoms with E-state index >= 15 is 0 Å². The summed E-state index contributed by atoms with van der Waals surface area (Å²) < 4.78 is 43.8. The molecule has 1 atom stereocenters. The molecule has 20 heavy (non-hydrogen) atoms. The van der Waals surface area contributed by atoms with Gasteiger partial charge in [0.15, 0.2) is 0 Å². The van der Waals surface area contributed by atoms with E-state index in [0.29, 0.717) is 5.75 Å². The Morgan fingerprint density at radius 3 is 2.15 bits per heavy atom. The van der Waals surface area contributed by atoms with Crippen LogP contribution < -0.4 is 10.5 Å². The summed E-state index contributed by atoms with van der Waals surface area (Å²) in [5.41, 5.74) is 5.80. The number of rotatable bonds is 3. The Balaban J connectivity index is 2.26. The zero-order valence-electron chi connectivity index (χ0n) is 10.8. The topological polar surface area (TPSA) is 35.2 Å². The maximum atomic E-state index is 12.8. The largest absolute Gasteiger partial charge is 0.457 e. The van der Waals surface area contributed by atoms with Crippen molar-refractivity contribution in [2.45, 2.75) is 19.1 Å². The highest BCUT2D eigenvalue weighted by atomic mass is 19.4. The highest BCUT2D eigenvalue weighted by molar-refractivity contribution is 5.40. The predicted octanol–water partition coefficient (Wildman–Crippen LogP) is 4.52. The summed E-state index contributed by atoms with van der Waals surface area (Å²) in [6.45, 7) is 1.83. The molecule has 0 fully saturated rings. The number of alkyl halides is 3. The Kier molecular flexibility index (Phi) is 3.99. The van der Waals surface area contributed by atoms with Crippen molar-refractivity contribution in [1.82, 2.24) is 0 Å². The van der Waals surface area contributed by atoms with E-state index in [-0.39, 0.29) is 11.8 Å². The van der Waals surface area contributed by atoms with Crippen molar-refractivity contribution >= 4 is 0 Å². The van der Waals surface area contributed by atoms with E-state index in [2.05, 4.69) is 0 Å². The molecule has 0 aliphatic rings. The van der Waals surface area contributed by atoms with E-state index < -0.39 is 11.7 Å². The molecule has 0 saturated carbocycles. The van der Waals surface area contributed by atoms with Crippen LogP contribution in [-0.4, -0.2) is 0 Å². The van der Waals surface area contributed by atoms with E-state index in [4.69, 9.17) is 10.5 Å². The SMILES string of the molecule is CC(N)c1ccc(Oc2ccccc2C(F)(F)F)cc1. The van der Waals surface area contributed by atoms with Crippen LogP contribution in [0.4, 0.5) is 13.2 Å². The molecule has 0 bridgehead atoms. The number of para-hydroxylation sites is 1. The van der Waals surface area contributed by atoms with Crippen LogP contribution in [0.15, 0.2) is 48.5 Å². The fourth-order valence-electron chi connectivity index (χ4n) is 1.76. The quantitative estimate of drug-likeness (QED) is 0.897. The second kappa shape index (κ2) is 5.54. The first kappa shape index (κ1) is 14.4. The second-order valence-corrected chi connectivity index (χ2v) is 4.45. The molecule has 5 heteroatoms. The van der Waals surface area contributed by atoms with Crippen molar-refractivity contribution in [2.24, 2.45) is 5.73 Å². The fourth-order valence-corrected chi connectivity index (χ4v) is 1.76. The van der Waals surface area contributed by atoms with Gasteiger partial charge in [-0.05, 0) is 36.8 Å². The van der Waals surface area contributed by atoms with Crippen molar-refractivity contribution in [3.8, 4) is 11.5 Å². The highest BCUT2D eigenvalue weighted by Gasteiger charge is 2.34. The number of hydrogen-bond acceptors (Lipinski definition) is 2. The first-order valence-corrected chi connectivity index (χ1v) is 6.07. The summed E-state index contributed by atoms with van der Waals surface area (Å²) in [4.78, 5) is 0. The van der Waals surface area contributed by atoms with Crippen LogP contribution in [-0.2, 0) is 6.18 Å². The van der Waals surface area contributed by atoms with Crippen LogP contribution in [0.5, 0.6) is 11.5 Å². The third kappa shape index (κ3) is 3.30. The molecule has 0 saturated heterocycles. The van der Waals surface area contributed by atoms with Crippen molar-refractivity contribution < 1.29 is 17.9 Å². The van der Waals surface area contributed by atoms with Gasteiger partial charge in [-0.15, -0.1) is 0 Å². The van der Waals surface area contributed by atoms with Crippen LogP contribution in [0, 0.1) is 0 Å². The van der Waals surface area contributed by atoms with Crippen LogP contribution >= 0.6 is 0 Å². The lowest BCUT2D eigenvalue weighted by Crippen LogP contribution is -2.07. The van der Waals surface area contributed by atoms with Gasteiger partial charge in [0, 0.05) is 6.04 Å². The number of nitrogens with two attached hydrogens (primary N) is 1. The predicted molar refractivity (Wildman–Crippen MR) is 70.6 cm³/mol. The molecule has 0 heterocycles. The minimum absolute atomic E-state index is 0.133. The van der Waals surface area contributed by atoms with Gasteiger partial charge in [-0.2, -0.15) is 13.2 Å². The molecule has 0 aliphatic heterocycles. The Labute approximate surface area is 115 Å². The van der Waals surface area contributed by atoms with Crippen LogP contribution in [0.2, 0.25) is 0 Å². The molecule has 2 aromatic carbocycles. The third-order valence-electron chi connectivity index (χ3n) is 2.83. The van der Waals surface area contributed by atoms with Crippen molar-refractivity contribution in [3.05, 3.63) is 59.7 Å². The van der Waals surface area contributed by atoms with E-state index in [9.17, 15) is 13.2 Å². The van der Waals surface area contributed by atoms with Crippen molar-refractivity contribution in [3.63, 3.8) is 0 Å². The smallest absolute Gasteiger partial charge is 0.419 e. The molecule has 2 N–H and O–H groups in total. The van der Waals surface area contributed by atoms with Crippen LogP contribution in [0.3, 0.4) is 0 Å². The Hall–Kier alpha value is -2.01. The molecule has 2 nitrogen and oxygen atoms in total. The zero-order chi connectivity index (χ0) is 14.8. The van der Waals surface area contributed by atoms with Gasteiger partial charge < -0.3 is 10.5 Å². The monoisotopic (exact) mass is 281 g/mol. The van der Waals surface area contributed by atoms with Gasteiger partial charge >= 0.3 is 6.18 Å². The second-order valence-electron chi connectivity index (χ2n) is 4.45. The van der Waals surface area contributed by atoms with Crippen LogP contribution in [0.25, 0.3) is 0 Å². The van der Waals surface area contributed by atoms with Gasteiger partial charge in [0.05, 0.1) is 5.56 Å². The molecule has 106 valence electrons. The summed E-state index contributed by atoms with van der Waals surface area (Å²) in [6, 6.07) is 11.7. The van der Waals surface area contributed by atoms with Gasteiger partial charge in [-0.3, -0.25) is 0 Å². The summed E-state index contributed by atoms with van der Waals surface area (Å²) in [6.07, 6.45) is -4.44. The number of benzene rings is 2. The lowest BCUT2D eigenvalue weighted by atomic mass is 10.1. The van der Waals surface area contributed by atoms with Gasteiger partial charge in [0.2, 0.25) is 0 Å². The van der Waals surface area contributed by atoms with Crippen molar-refractivity contribution in [2.75, 3.05) is 0 Å². The number of ether oxygens (including phenoxy) is 1. The molecule has 0 aliphatic carbocycles. The summed E-state index contributed by atoms with van der Waals surface area (Å²) >= 11 is 0. The molecule has 2 rings (SSSR count). The van der Waals surface area contributed by atoms with E-state index in [1.807, 2.05) is 6.92 Å². The third-order valence-corrected chi connectivity index (χ3v) is 2.83. The normalized spacial score (nSPS) is 13.1. The van der Waals surface area contributed by atoms with Gasteiger partial charge in [0.1, 0.15) is 11.5 Å². The summed E-state index contributed by atoms with van der Waals surface area (Å²) in [7, 11) is 0. The molecule has 1 unspecified atom stereocenters. The maximum Gasteiger partial charge on any atom is 0.419 e. The first-order chi connectivity index (χ1) is 9.38. The Morgan fingerprint density at radius 2 is 1.60 bits per heavy atom. The Morgan fingerprint density at radius 1 is 1.00 bits per heavy atom. The average molecular weight is 281 g/mol. The lowest BCUT2D eigenvalue weighted by molar-refractivity contribution is -0.138. The number of hydrogen-bond donors (Lipinski definition) is 1. The van der Waals surface area contributed by atoms with E-state index in [0.717, 1.165) is 11.6 Å². The number of halogens is 3. The molecular formula is C15H14F3NO. The Bertz CT molecular complexity index is 576. The van der Waals surface area contributed by atoms with E-state index in [1.54, 1.807) is 24.3 Å². The molecular weight excluding hydrogens is 267 g/mol. The molecule has 0 radical (unpaired) electrons. The van der Waals surface area contributed by atoms with E-state index in [1.165, 1.54) is 18.2 Å². The molecule has 0 spiro atoms. The van der Waals surface area contributed by atoms with Crippen molar-refractivity contribution in [1.29, 1.82) is 0 Å². The summed E-state index contributed by atoms with van der Waals surface area (Å²) in [5, 5.41) is 0. The zero-order valence-corrected chi connectivity index (χ0v) is 10.8. The fraction of sp³-hybridized carbons (Fsp3) is 0.200. The van der Waals surface area contributed by atoms with Crippen LogP contribution in [0.1, 0.15) is 24.1 Å². The minimum Gasteiger partial charge on any atom is -0.457 e. The van der Waals surface area contributed by atoms with Gasteiger partial charge in [-0.25, -0.2) is 0 Å². The molecule has 0 amide bonds. The lowest BCUT2D eigenvalue weighted by Gasteiger charge is -2.14. The van der Waals surface area contributed by atoms with Gasteiger partial charge in [-0.1, -0.05) is 24.3 Å². The summed E-state index contributed by atoms with van der Waals surface area (Å²) in [5.74, 6) is 0.125.